The molecule has 1 rings (SSSR count). The first-order chi connectivity index (χ1) is 8.06. The maximum absolute atomic E-state index is 6.03. The molecule has 0 aliphatic carbocycles. The van der Waals surface area contributed by atoms with E-state index in [0.717, 1.165) is 31.2 Å². The number of anilines is 1. The van der Waals surface area contributed by atoms with Crippen molar-refractivity contribution in [2.75, 3.05) is 18.8 Å². The van der Waals surface area contributed by atoms with Crippen molar-refractivity contribution >= 4 is 5.69 Å². The van der Waals surface area contributed by atoms with Gasteiger partial charge in [0.25, 0.3) is 0 Å². The molecule has 96 valence electrons. The van der Waals surface area contributed by atoms with E-state index in [9.17, 15) is 0 Å². The molecule has 1 aromatic carbocycles. The number of nitrogens with zero attached hydrogens (tertiary/aromatic N) is 1. The summed E-state index contributed by atoms with van der Waals surface area (Å²) >= 11 is 0. The van der Waals surface area contributed by atoms with E-state index in [4.69, 9.17) is 5.73 Å². The quantitative estimate of drug-likeness (QED) is 0.764. The molecule has 2 N–H and O–H groups in total. The Morgan fingerprint density at radius 3 is 2.59 bits per heavy atom. The first kappa shape index (κ1) is 14.0. The third-order valence-corrected chi connectivity index (χ3v) is 3.41. The average molecular weight is 234 g/mol. The van der Waals surface area contributed by atoms with Gasteiger partial charge in [0, 0.05) is 18.8 Å². The van der Waals surface area contributed by atoms with E-state index in [0.29, 0.717) is 0 Å². The lowest BCUT2D eigenvalue weighted by atomic mass is 10.1. The average Bonchev–Trinajstić information content (AvgIpc) is 2.32. The fourth-order valence-electron chi connectivity index (χ4n) is 1.99. The Bertz CT molecular complexity index is 347. The highest BCUT2D eigenvalue weighted by molar-refractivity contribution is 5.48. The second-order valence-corrected chi connectivity index (χ2v) is 5.04. The van der Waals surface area contributed by atoms with Crippen LogP contribution in [-0.4, -0.2) is 18.0 Å². The van der Waals surface area contributed by atoms with E-state index < -0.39 is 0 Å². The Morgan fingerprint density at radius 2 is 2.00 bits per heavy atom. The summed E-state index contributed by atoms with van der Waals surface area (Å²) in [6.45, 7) is 12.1. The zero-order valence-corrected chi connectivity index (χ0v) is 11.7. The molecule has 17 heavy (non-hydrogen) atoms. The molecule has 1 aromatic rings. The lowest BCUT2D eigenvalue weighted by molar-refractivity contribution is 0.238. The van der Waals surface area contributed by atoms with Crippen LogP contribution in [-0.2, 0) is 6.54 Å². The van der Waals surface area contributed by atoms with Crippen LogP contribution in [0.3, 0.4) is 0 Å². The second kappa shape index (κ2) is 6.65. The van der Waals surface area contributed by atoms with Crippen LogP contribution in [0.5, 0.6) is 0 Å². The van der Waals surface area contributed by atoms with Crippen molar-refractivity contribution in [3.63, 3.8) is 0 Å². The maximum atomic E-state index is 6.03. The zero-order chi connectivity index (χ0) is 12.8. The molecule has 0 aliphatic rings. The molecule has 0 aliphatic heterocycles. The summed E-state index contributed by atoms with van der Waals surface area (Å²) in [6, 6.07) is 6.29. The molecular weight excluding hydrogens is 208 g/mol. The summed E-state index contributed by atoms with van der Waals surface area (Å²) < 4.78 is 0. The number of nitrogen functional groups attached to an aromatic ring is 1. The van der Waals surface area contributed by atoms with Crippen molar-refractivity contribution < 1.29 is 0 Å². The number of hydrogen-bond donors (Lipinski definition) is 1. The van der Waals surface area contributed by atoms with Gasteiger partial charge in [-0.1, -0.05) is 44.9 Å². The molecule has 0 saturated heterocycles. The summed E-state index contributed by atoms with van der Waals surface area (Å²) in [4.78, 5) is 2.47. The Morgan fingerprint density at radius 1 is 1.29 bits per heavy atom. The zero-order valence-electron chi connectivity index (χ0n) is 11.7. The summed E-state index contributed by atoms with van der Waals surface area (Å²) in [5.74, 6) is 0.751. The van der Waals surface area contributed by atoms with E-state index in [1.165, 1.54) is 17.5 Å². The van der Waals surface area contributed by atoms with E-state index in [1.807, 2.05) is 6.07 Å². The Balaban J connectivity index is 2.69. The van der Waals surface area contributed by atoms with Crippen LogP contribution in [0.2, 0.25) is 0 Å². The molecule has 0 heterocycles. The van der Waals surface area contributed by atoms with E-state index in [1.54, 1.807) is 0 Å². The minimum absolute atomic E-state index is 0.751. The normalized spacial score (nSPS) is 13.0. The summed E-state index contributed by atoms with van der Waals surface area (Å²) in [5, 5.41) is 0. The third kappa shape index (κ3) is 4.39. The van der Waals surface area contributed by atoms with Gasteiger partial charge in [-0.05, 0) is 31.0 Å². The number of aryl methyl sites for hydroxylation is 1. The van der Waals surface area contributed by atoms with Crippen LogP contribution < -0.4 is 5.73 Å². The summed E-state index contributed by atoms with van der Waals surface area (Å²) in [7, 11) is 0. The van der Waals surface area contributed by atoms with Gasteiger partial charge in [0.1, 0.15) is 0 Å². The standard InChI is InChI=1S/C15H26N2/c1-5-12(3)10-17(6-2)11-14-9-13(4)7-8-15(14)16/h7-9,12H,5-6,10-11,16H2,1-4H3. The number of hydrogen-bond acceptors (Lipinski definition) is 2. The highest BCUT2D eigenvalue weighted by atomic mass is 15.1. The molecule has 1 unspecified atom stereocenters. The number of rotatable bonds is 6. The van der Waals surface area contributed by atoms with Crippen LogP contribution in [0.1, 0.15) is 38.3 Å². The lowest BCUT2D eigenvalue weighted by Gasteiger charge is -2.24. The minimum Gasteiger partial charge on any atom is -0.398 e. The Kier molecular flexibility index (Phi) is 5.49. The molecule has 0 radical (unpaired) electrons. The van der Waals surface area contributed by atoms with Gasteiger partial charge in [0.2, 0.25) is 0 Å². The van der Waals surface area contributed by atoms with Crippen LogP contribution in [0, 0.1) is 12.8 Å². The Hall–Kier alpha value is -1.02. The van der Waals surface area contributed by atoms with Crippen LogP contribution >= 0.6 is 0 Å². The molecule has 0 saturated carbocycles. The van der Waals surface area contributed by atoms with Crippen molar-refractivity contribution in [1.82, 2.24) is 4.90 Å². The van der Waals surface area contributed by atoms with Crippen molar-refractivity contribution in [1.29, 1.82) is 0 Å². The monoisotopic (exact) mass is 234 g/mol. The molecule has 0 bridgehead atoms. The van der Waals surface area contributed by atoms with Gasteiger partial charge >= 0.3 is 0 Å². The lowest BCUT2D eigenvalue weighted by Crippen LogP contribution is -2.28. The van der Waals surface area contributed by atoms with E-state index in [-0.39, 0.29) is 0 Å². The van der Waals surface area contributed by atoms with Crippen molar-refractivity contribution in [3.8, 4) is 0 Å². The van der Waals surface area contributed by atoms with E-state index >= 15 is 0 Å². The molecular formula is C15H26N2. The van der Waals surface area contributed by atoms with E-state index in [2.05, 4.69) is 44.7 Å². The number of benzene rings is 1. The fourth-order valence-corrected chi connectivity index (χ4v) is 1.99. The first-order valence-corrected chi connectivity index (χ1v) is 6.64. The van der Waals surface area contributed by atoms with Gasteiger partial charge in [-0.15, -0.1) is 0 Å². The third-order valence-electron chi connectivity index (χ3n) is 3.41. The van der Waals surface area contributed by atoms with Crippen molar-refractivity contribution in [3.05, 3.63) is 29.3 Å². The molecule has 2 nitrogen and oxygen atoms in total. The smallest absolute Gasteiger partial charge is 0.0359 e. The SMILES string of the molecule is CCC(C)CN(CC)Cc1cc(C)ccc1N. The predicted octanol–water partition coefficient (Wildman–Crippen LogP) is 3.45. The Labute approximate surface area is 106 Å². The molecule has 2 heteroatoms. The summed E-state index contributed by atoms with van der Waals surface area (Å²) in [5.41, 5.74) is 9.49. The topological polar surface area (TPSA) is 29.3 Å². The van der Waals surface area contributed by atoms with Gasteiger partial charge < -0.3 is 5.73 Å². The highest BCUT2D eigenvalue weighted by Gasteiger charge is 2.09. The maximum Gasteiger partial charge on any atom is 0.0359 e. The molecule has 0 aromatic heterocycles. The molecule has 0 spiro atoms. The second-order valence-electron chi connectivity index (χ2n) is 5.04. The number of nitrogens with two attached hydrogens (primary N) is 1. The van der Waals surface area contributed by atoms with Gasteiger partial charge in [-0.2, -0.15) is 0 Å². The van der Waals surface area contributed by atoms with Crippen molar-refractivity contribution in [2.24, 2.45) is 5.92 Å². The first-order valence-electron chi connectivity index (χ1n) is 6.64. The van der Waals surface area contributed by atoms with Gasteiger partial charge in [0.05, 0.1) is 0 Å². The molecule has 0 amide bonds. The molecule has 1 atom stereocenters. The fraction of sp³-hybridized carbons (Fsp3) is 0.600. The van der Waals surface area contributed by atoms with Crippen molar-refractivity contribution in [2.45, 2.75) is 40.7 Å². The van der Waals surface area contributed by atoms with Crippen LogP contribution in [0.4, 0.5) is 5.69 Å². The minimum atomic E-state index is 0.751. The van der Waals surface area contributed by atoms with Gasteiger partial charge in [-0.3, -0.25) is 4.90 Å². The van der Waals surface area contributed by atoms with Gasteiger partial charge in [0.15, 0.2) is 0 Å². The van der Waals surface area contributed by atoms with Crippen LogP contribution in [0.15, 0.2) is 18.2 Å². The predicted molar refractivity (Wildman–Crippen MR) is 76.0 cm³/mol. The van der Waals surface area contributed by atoms with Gasteiger partial charge in [-0.25, -0.2) is 0 Å². The molecule has 0 fully saturated rings. The highest BCUT2D eigenvalue weighted by Crippen LogP contribution is 2.17. The summed E-state index contributed by atoms with van der Waals surface area (Å²) in [6.07, 6.45) is 1.24. The largest absolute Gasteiger partial charge is 0.398 e. The van der Waals surface area contributed by atoms with Crippen LogP contribution in [0.25, 0.3) is 0 Å².